The molecule has 0 bridgehead atoms. The minimum absolute atomic E-state index is 0. The van der Waals surface area contributed by atoms with E-state index in [-0.39, 0.29) is 12.4 Å². The van der Waals surface area contributed by atoms with E-state index < -0.39 is 0 Å². The maximum Gasteiger partial charge on any atom is 0.120 e. The Morgan fingerprint density at radius 2 is 1.20 bits per heavy atom. The topological polar surface area (TPSA) is 44.5 Å². The quantitative estimate of drug-likeness (QED) is 0.516. The maximum absolute atomic E-state index is 5.78. The Morgan fingerprint density at radius 3 is 1.84 bits per heavy atom. The lowest BCUT2D eigenvalue weighted by Gasteiger charge is -2.09. The lowest BCUT2D eigenvalue weighted by atomic mass is 10.1. The minimum atomic E-state index is 0. The third kappa shape index (κ3) is 9.37. The van der Waals surface area contributed by atoms with Crippen LogP contribution in [-0.4, -0.2) is 13.2 Å². The van der Waals surface area contributed by atoms with Crippen LogP contribution in [0.25, 0.3) is 0 Å². The van der Waals surface area contributed by atoms with Crippen molar-refractivity contribution in [1.82, 2.24) is 0 Å². The van der Waals surface area contributed by atoms with Gasteiger partial charge in [-0.1, -0.05) is 56.0 Å². The summed E-state index contributed by atoms with van der Waals surface area (Å²) in [5.74, 6) is 1.77. The molecule has 0 spiro atoms. The third-order valence-electron chi connectivity index (χ3n) is 3.94. The summed E-state index contributed by atoms with van der Waals surface area (Å²) >= 11 is 0. The monoisotopic (exact) mass is 363 g/mol. The number of halogens is 1. The Kier molecular flexibility index (Phi) is 11.6. The molecule has 0 aliphatic carbocycles. The normalized spacial score (nSPS) is 10.1. The van der Waals surface area contributed by atoms with Crippen molar-refractivity contribution in [3.63, 3.8) is 0 Å². The molecule has 0 heterocycles. The smallest absolute Gasteiger partial charge is 0.120 e. The van der Waals surface area contributed by atoms with E-state index >= 15 is 0 Å². The van der Waals surface area contributed by atoms with E-state index in [0.29, 0.717) is 6.61 Å². The van der Waals surface area contributed by atoms with Gasteiger partial charge in [-0.05, 0) is 49.2 Å². The van der Waals surface area contributed by atoms with Crippen LogP contribution in [0.5, 0.6) is 11.5 Å². The number of benzene rings is 2. The average Bonchev–Trinajstić information content (AvgIpc) is 2.64. The summed E-state index contributed by atoms with van der Waals surface area (Å²) in [5, 5.41) is 0. The predicted molar refractivity (Wildman–Crippen MR) is 107 cm³/mol. The van der Waals surface area contributed by atoms with Crippen LogP contribution in [0.4, 0.5) is 0 Å². The lowest BCUT2D eigenvalue weighted by Crippen LogP contribution is -1.99. The van der Waals surface area contributed by atoms with Gasteiger partial charge in [0, 0.05) is 0 Å². The molecule has 3 nitrogen and oxygen atoms in total. The molecular weight excluding hydrogens is 334 g/mol. The highest BCUT2D eigenvalue weighted by molar-refractivity contribution is 5.85. The minimum Gasteiger partial charge on any atom is -0.494 e. The Balaban J connectivity index is 0.00000312. The van der Waals surface area contributed by atoms with Crippen LogP contribution >= 0.6 is 12.4 Å². The number of rotatable bonds is 12. The molecule has 2 rings (SSSR count). The average molecular weight is 364 g/mol. The zero-order valence-electron chi connectivity index (χ0n) is 14.9. The second-order valence-electron chi connectivity index (χ2n) is 6.00. The molecule has 0 unspecified atom stereocenters. The van der Waals surface area contributed by atoms with Crippen molar-refractivity contribution in [1.29, 1.82) is 0 Å². The van der Waals surface area contributed by atoms with Gasteiger partial charge >= 0.3 is 0 Å². The van der Waals surface area contributed by atoms with Crippen molar-refractivity contribution in [2.45, 2.75) is 45.1 Å². The largest absolute Gasteiger partial charge is 0.494 e. The molecular formula is C21H30ClNO2. The number of ether oxygens (including phenoxy) is 2. The molecule has 2 aromatic carbocycles. The predicted octanol–water partition coefficient (Wildman–Crippen LogP) is 5.37. The summed E-state index contributed by atoms with van der Waals surface area (Å²) in [4.78, 5) is 0. The molecule has 0 saturated heterocycles. The molecule has 4 heteroatoms. The fourth-order valence-corrected chi connectivity index (χ4v) is 2.52. The molecule has 138 valence electrons. The van der Waals surface area contributed by atoms with E-state index in [4.69, 9.17) is 15.2 Å². The molecule has 25 heavy (non-hydrogen) atoms. The summed E-state index contributed by atoms with van der Waals surface area (Å²) in [6, 6.07) is 18.1. The number of unbranched alkanes of at least 4 members (excludes halogenated alkanes) is 5. The third-order valence-corrected chi connectivity index (χ3v) is 3.94. The van der Waals surface area contributed by atoms with Crippen molar-refractivity contribution in [2.24, 2.45) is 5.73 Å². The molecule has 0 aliphatic rings. The molecule has 0 fully saturated rings. The highest BCUT2D eigenvalue weighted by Crippen LogP contribution is 2.19. The zero-order chi connectivity index (χ0) is 16.9. The fraction of sp³-hybridized carbons (Fsp3) is 0.429. The van der Waals surface area contributed by atoms with Gasteiger partial charge in [-0.25, -0.2) is 0 Å². The first-order valence-electron chi connectivity index (χ1n) is 8.98. The van der Waals surface area contributed by atoms with Gasteiger partial charge in [-0.15, -0.1) is 12.4 Å². The van der Waals surface area contributed by atoms with Crippen LogP contribution in [0.15, 0.2) is 54.6 Å². The van der Waals surface area contributed by atoms with E-state index in [2.05, 4.69) is 12.1 Å². The van der Waals surface area contributed by atoms with Gasteiger partial charge < -0.3 is 15.2 Å². The Bertz CT molecular complexity index is 546. The van der Waals surface area contributed by atoms with Crippen LogP contribution in [0, 0.1) is 0 Å². The van der Waals surface area contributed by atoms with Crippen molar-refractivity contribution in [3.05, 3.63) is 60.2 Å². The molecule has 2 aromatic rings. The molecule has 0 aliphatic heterocycles. The summed E-state index contributed by atoms with van der Waals surface area (Å²) < 4.78 is 11.5. The summed E-state index contributed by atoms with van der Waals surface area (Å²) in [7, 11) is 0. The van der Waals surface area contributed by atoms with Crippen molar-refractivity contribution < 1.29 is 9.47 Å². The van der Waals surface area contributed by atoms with Crippen molar-refractivity contribution in [2.75, 3.05) is 13.2 Å². The van der Waals surface area contributed by atoms with Gasteiger partial charge in [0.1, 0.15) is 18.1 Å². The number of hydrogen-bond acceptors (Lipinski definition) is 3. The zero-order valence-corrected chi connectivity index (χ0v) is 15.7. The maximum atomic E-state index is 5.78. The van der Waals surface area contributed by atoms with Crippen LogP contribution < -0.4 is 15.2 Å². The van der Waals surface area contributed by atoms with Crippen molar-refractivity contribution in [3.8, 4) is 11.5 Å². The molecule has 0 radical (unpaired) electrons. The standard InChI is InChI=1S/C21H29NO2.ClH/c22-16-8-3-1-2-4-9-17-23-20-12-14-21(15-13-20)24-18-19-10-6-5-7-11-19;/h5-7,10-15H,1-4,8-9,16-18,22H2;1H. The number of nitrogens with two attached hydrogens (primary N) is 1. The highest BCUT2D eigenvalue weighted by atomic mass is 35.5. The second-order valence-corrected chi connectivity index (χ2v) is 6.00. The summed E-state index contributed by atoms with van der Waals surface area (Å²) in [6.07, 6.45) is 7.29. The summed E-state index contributed by atoms with van der Waals surface area (Å²) in [6.45, 7) is 2.18. The van der Waals surface area contributed by atoms with E-state index in [0.717, 1.165) is 37.5 Å². The first kappa shape index (κ1) is 21.3. The van der Waals surface area contributed by atoms with Crippen molar-refractivity contribution >= 4 is 12.4 Å². The first-order valence-corrected chi connectivity index (χ1v) is 8.98. The van der Waals surface area contributed by atoms with Gasteiger partial charge in [0.2, 0.25) is 0 Å². The van der Waals surface area contributed by atoms with E-state index in [1.807, 2.05) is 42.5 Å². The molecule has 0 amide bonds. The molecule has 0 aromatic heterocycles. The van der Waals surface area contributed by atoms with Crippen LogP contribution in [-0.2, 0) is 6.61 Å². The molecule has 0 saturated carbocycles. The fourth-order valence-electron chi connectivity index (χ4n) is 2.52. The van der Waals surface area contributed by atoms with Crippen LogP contribution in [0.2, 0.25) is 0 Å². The lowest BCUT2D eigenvalue weighted by molar-refractivity contribution is 0.296. The SMILES string of the molecule is Cl.NCCCCCCCCOc1ccc(OCc2ccccc2)cc1. The highest BCUT2D eigenvalue weighted by Gasteiger charge is 1.98. The second kappa shape index (κ2) is 13.6. The Hall–Kier alpha value is -1.71. The molecule has 0 atom stereocenters. The van der Waals surface area contributed by atoms with Gasteiger partial charge in [0.05, 0.1) is 6.61 Å². The summed E-state index contributed by atoms with van der Waals surface area (Å²) in [5.41, 5.74) is 6.66. The van der Waals surface area contributed by atoms with E-state index in [1.165, 1.54) is 31.2 Å². The Morgan fingerprint density at radius 1 is 0.640 bits per heavy atom. The van der Waals surface area contributed by atoms with Gasteiger partial charge in [0.25, 0.3) is 0 Å². The van der Waals surface area contributed by atoms with E-state index in [1.54, 1.807) is 0 Å². The Labute approximate surface area is 157 Å². The van der Waals surface area contributed by atoms with Crippen LogP contribution in [0.1, 0.15) is 44.1 Å². The van der Waals surface area contributed by atoms with Gasteiger partial charge in [0.15, 0.2) is 0 Å². The van der Waals surface area contributed by atoms with Gasteiger partial charge in [-0.3, -0.25) is 0 Å². The first-order chi connectivity index (χ1) is 11.9. The van der Waals surface area contributed by atoms with Gasteiger partial charge in [-0.2, -0.15) is 0 Å². The molecule has 2 N–H and O–H groups in total. The van der Waals surface area contributed by atoms with Crippen LogP contribution in [0.3, 0.4) is 0 Å². The number of hydrogen-bond donors (Lipinski definition) is 1. The van der Waals surface area contributed by atoms with E-state index in [9.17, 15) is 0 Å².